The Morgan fingerprint density at radius 3 is 2.85 bits per heavy atom. The number of hydrogen-bond acceptors (Lipinski definition) is 2. The van der Waals surface area contributed by atoms with E-state index in [0.717, 1.165) is 6.07 Å². The van der Waals surface area contributed by atoms with Crippen molar-refractivity contribution in [3.63, 3.8) is 0 Å². The topological polar surface area (TPSA) is 26.3 Å². The van der Waals surface area contributed by atoms with Gasteiger partial charge in [0.25, 0.3) is 0 Å². The van der Waals surface area contributed by atoms with E-state index in [-0.39, 0.29) is 17.9 Å². The molecule has 1 rings (SSSR count). The number of alkyl halides is 1. The van der Waals surface area contributed by atoms with Crippen LogP contribution in [0.1, 0.15) is 10.4 Å². The van der Waals surface area contributed by atoms with Gasteiger partial charge in [0.1, 0.15) is 13.3 Å². The molecule has 0 saturated carbocycles. The Balaban J connectivity index is 2.93. The highest BCUT2D eigenvalue weighted by Crippen LogP contribution is 2.20. The minimum absolute atomic E-state index is 0.0912. The van der Waals surface area contributed by atoms with Crippen molar-refractivity contribution in [3.05, 3.63) is 29.6 Å². The van der Waals surface area contributed by atoms with Gasteiger partial charge in [-0.3, -0.25) is 4.79 Å². The lowest BCUT2D eigenvalue weighted by Crippen LogP contribution is -2.03. The van der Waals surface area contributed by atoms with Crippen LogP contribution in [0.15, 0.2) is 18.2 Å². The molecule has 0 unspecified atom stereocenters. The third kappa shape index (κ3) is 2.24. The molecule has 0 aliphatic carbocycles. The molecule has 0 amide bonds. The smallest absolute Gasteiger partial charge is 0.165 e. The van der Waals surface area contributed by atoms with Gasteiger partial charge in [-0.1, -0.05) is 6.07 Å². The zero-order valence-corrected chi connectivity index (χ0v) is 6.80. The van der Waals surface area contributed by atoms with Crippen molar-refractivity contribution >= 4 is 6.29 Å². The van der Waals surface area contributed by atoms with E-state index < -0.39 is 12.5 Å². The molecule has 2 nitrogen and oxygen atoms in total. The number of para-hydroxylation sites is 1. The monoisotopic (exact) mass is 186 g/mol. The Hall–Kier alpha value is -1.45. The summed E-state index contributed by atoms with van der Waals surface area (Å²) < 4.78 is 29.4. The quantitative estimate of drug-likeness (QED) is 0.672. The molecule has 0 heterocycles. The predicted octanol–water partition coefficient (Wildman–Crippen LogP) is 1.99. The molecule has 0 aliphatic heterocycles. The lowest BCUT2D eigenvalue weighted by molar-refractivity contribution is 0.111. The number of carbonyl (C=O) groups excluding carboxylic acids is 1. The molecular weight excluding hydrogens is 178 g/mol. The third-order valence-electron chi connectivity index (χ3n) is 1.45. The second-order valence-electron chi connectivity index (χ2n) is 2.31. The summed E-state index contributed by atoms with van der Waals surface area (Å²) in [6, 6.07) is 3.95. The van der Waals surface area contributed by atoms with Gasteiger partial charge < -0.3 is 4.74 Å². The lowest BCUT2D eigenvalue weighted by atomic mass is 10.2. The van der Waals surface area contributed by atoms with Crippen molar-refractivity contribution in [2.24, 2.45) is 0 Å². The van der Waals surface area contributed by atoms with Crippen LogP contribution in [0.2, 0.25) is 0 Å². The normalized spacial score (nSPS) is 9.69. The SMILES string of the molecule is O=Cc1cccc(F)c1OCCF. The summed E-state index contributed by atoms with van der Waals surface area (Å²) in [6.45, 7) is -0.964. The second-order valence-corrected chi connectivity index (χ2v) is 2.31. The highest BCUT2D eigenvalue weighted by atomic mass is 19.1. The maximum Gasteiger partial charge on any atom is 0.165 e. The molecule has 0 atom stereocenters. The lowest BCUT2D eigenvalue weighted by Gasteiger charge is -2.06. The molecule has 0 saturated heterocycles. The number of hydrogen-bond donors (Lipinski definition) is 0. The second kappa shape index (κ2) is 4.54. The van der Waals surface area contributed by atoms with Crippen molar-refractivity contribution in [1.82, 2.24) is 0 Å². The van der Waals surface area contributed by atoms with Gasteiger partial charge in [-0.15, -0.1) is 0 Å². The standard InChI is InChI=1S/C9H8F2O2/c10-4-5-13-9-7(6-12)2-1-3-8(9)11/h1-3,6H,4-5H2. The average molecular weight is 186 g/mol. The number of benzene rings is 1. The molecule has 0 radical (unpaired) electrons. The minimum Gasteiger partial charge on any atom is -0.487 e. The largest absolute Gasteiger partial charge is 0.487 e. The van der Waals surface area contributed by atoms with Crippen molar-refractivity contribution in [2.75, 3.05) is 13.3 Å². The fraction of sp³-hybridized carbons (Fsp3) is 0.222. The fourth-order valence-corrected chi connectivity index (χ4v) is 0.911. The highest BCUT2D eigenvalue weighted by molar-refractivity contribution is 5.79. The number of rotatable bonds is 4. The van der Waals surface area contributed by atoms with Gasteiger partial charge in [0.15, 0.2) is 17.9 Å². The molecule has 13 heavy (non-hydrogen) atoms. The third-order valence-corrected chi connectivity index (χ3v) is 1.45. The summed E-state index contributed by atoms with van der Waals surface area (Å²) in [4.78, 5) is 10.4. The van der Waals surface area contributed by atoms with Gasteiger partial charge in [-0.25, -0.2) is 8.78 Å². The van der Waals surface area contributed by atoms with Gasteiger partial charge in [0.2, 0.25) is 0 Å². The van der Waals surface area contributed by atoms with Crippen LogP contribution in [0.4, 0.5) is 8.78 Å². The summed E-state index contributed by atoms with van der Waals surface area (Å²) >= 11 is 0. The number of halogens is 2. The molecule has 1 aromatic rings. The molecular formula is C9H8F2O2. The summed E-state index contributed by atoms with van der Waals surface area (Å²) in [6.07, 6.45) is 0.469. The van der Waals surface area contributed by atoms with E-state index in [1.807, 2.05) is 0 Å². The molecule has 0 N–H and O–H groups in total. The summed E-state index contributed by atoms with van der Waals surface area (Å²) in [5.74, 6) is -0.840. The van der Waals surface area contributed by atoms with E-state index in [0.29, 0.717) is 6.29 Å². The van der Waals surface area contributed by atoms with Gasteiger partial charge >= 0.3 is 0 Å². The zero-order valence-electron chi connectivity index (χ0n) is 6.80. The van der Waals surface area contributed by atoms with Crippen LogP contribution < -0.4 is 4.74 Å². The molecule has 0 bridgehead atoms. The van der Waals surface area contributed by atoms with Crippen LogP contribution in [0.25, 0.3) is 0 Å². The first-order chi connectivity index (χ1) is 6.29. The number of ether oxygens (including phenoxy) is 1. The van der Waals surface area contributed by atoms with Gasteiger partial charge in [-0.05, 0) is 12.1 Å². The van der Waals surface area contributed by atoms with Gasteiger partial charge in [-0.2, -0.15) is 0 Å². The average Bonchev–Trinajstić information content (AvgIpc) is 2.15. The first-order valence-electron chi connectivity index (χ1n) is 3.72. The summed E-state index contributed by atoms with van der Waals surface area (Å²) in [5.41, 5.74) is 0.0912. The van der Waals surface area contributed by atoms with Crippen LogP contribution in [0, 0.1) is 5.82 Å². The Morgan fingerprint density at radius 2 is 2.23 bits per heavy atom. The Bertz CT molecular complexity index is 300. The molecule has 0 aliphatic rings. The van der Waals surface area contributed by atoms with Crippen LogP contribution in [-0.2, 0) is 0 Å². The molecule has 0 aromatic heterocycles. The zero-order chi connectivity index (χ0) is 9.68. The highest BCUT2D eigenvalue weighted by Gasteiger charge is 2.08. The van der Waals surface area contributed by atoms with Crippen molar-refractivity contribution in [3.8, 4) is 5.75 Å². The van der Waals surface area contributed by atoms with E-state index in [4.69, 9.17) is 4.74 Å². The molecule has 70 valence electrons. The maximum absolute atomic E-state index is 13.0. The van der Waals surface area contributed by atoms with E-state index in [1.165, 1.54) is 12.1 Å². The molecule has 4 heteroatoms. The summed E-state index contributed by atoms with van der Waals surface area (Å²) in [5, 5.41) is 0. The van der Waals surface area contributed by atoms with E-state index >= 15 is 0 Å². The van der Waals surface area contributed by atoms with Crippen molar-refractivity contribution < 1.29 is 18.3 Å². The van der Waals surface area contributed by atoms with Crippen LogP contribution in [0.3, 0.4) is 0 Å². The Kier molecular flexibility index (Phi) is 3.37. The first kappa shape index (κ1) is 9.64. The molecule has 0 fully saturated rings. The Labute approximate surface area is 74.1 Å². The van der Waals surface area contributed by atoms with Crippen LogP contribution >= 0.6 is 0 Å². The fourth-order valence-electron chi connectivity index (χ4n) is 0.911. The predicted molar refractivity (Wildman–Crippen MR) is 43.3 cm³/mol. The van der Waals surface area contributed by atoms with Crippen LogP contribution in [-0.4, -0.2) is 19.6 Å². The van der Waals surface area contributed by atoms with Crippen molar-refractivity contribution in [1.29, 1.82) is 0 Å². The van der Waals surface area contributed by atoms with Crippen LogP contribution in [0.5, 0.6) is 5.75 Å². The Morgan fingerprint density at radius 1 is 1.46 bits per heavy atom. The van der Waals surface area contributed by atoms with Gasteiger partial charge in [0, 0.05) is 0 Å². The van der Waals surface area contributed by atoms with Gasteiger partial charge in [0.05, 0.1) is 5.56 Å². The number of carbonyl (C=O) groups is 1. The first-order valence-corrected chi connectivity index (χ1v) is 3.72. The minimum atomic E-state index is -0.716. The van der Waals surface area contributed by atoms with E-state index in [2.05, 4.69) is 0 Å². The molecule has 0 spiro atoms. The van der Waals surface area contributed by atoms with Crippen molar-refractivity contribution in [2.45, 2.75) is 0 Å². The van der Waals surface area contributed by atoms with E-state index in [1.54, 1.807) is 0 Å². The van der Waals surface area contributed by atoms with E-state index in [9.17, 15) is 13.6 Å². The number of aldehydes is 1. The summed E-state index contributed by atoms with van der Waals surface area (Å²) in [7, 11) is 0. The maximum atomic E-state index is 13.0. The molecule has 1 aromatic carbocycles.